The quantitative estimate of drug-likeness (QED) is 0.796. The first-order chi connectivity index (χ1) is 13.6. The monoisotopic (exact) mass is 381 g/mol. The molecule has 28 heavy (non-hydrogen) atoms. The van der Waals surface area contributed by atoms with Gasteiger partial charge in [0.15, 0.2) is 11.5 Å². The van der Waals surface area contributed by atoms with Crippen LogP contribution in [0.25, 0.3) is 0 Å². The Morgan fingerprint density at radius 2 is 1.71 bits per heavy atom. The smallest absolute Gasteiger partial charge is 0.227 e. The van der Waals surface area contributed by atoms with Gasteiger partial charge in [0.2, 0.25) is 5.91 Å². The Labute approximate surface area is 166 Å². The molecule has 2 aliphatic rings. The lowest BCUT2D eigenvalue weighted by Gasteiger charge is -2.28. The summed E-state index contributed by atoms with van der Waals surface area (Å²) >= 11 is 0. The summed E-state index contributed by atoms with van der Waals surface area (Å²) in [6, 6.07) is 12.0. The third kappa shape index (κ3) is 3.30. The zero-order valence-corrected chi connectivity index (χ0v) is 16.7. The van der Waals surface area contributed by atoms with Gasteiger partial charge < -0.3 is 19.1 Å². The third-order valence-electron chi connectivity index (χ3n) is 6.16. The van der Waals surface area contributed by atoms with E-state index >= 15 is 0 Å². The number of aryl methyl sites for hydroxylation is 1. The van der Waals surface area contributed by atoms with E-state index in [9.17, 15) is 4.79 Å². The van der Waals surface area contributed by atoms with Gasteiger partial charge in [-0.05, 0) is 48.1 Å². The average Bonchev–Trinajstić information content (AvgIpc) is 3.18. The van der Waals surface area contributed by atoms with Crippen molar-refractivity contribution in [3.63, 3.8) is 0 Å². The van der Waals surface area contributed by atoms with E-state index in [4.69, 9.17) is 14.2 Å². The van der Waals surface area contributed by atoms with E-state index in [0.29, 0.717) is 18.3 Å². The molecule has 2 unspecified atom stereocenters. The largest absolute Gasteiger partial charge is 0.496 e. The number of carbonyl (C=O) groups is 1. The standard InChI is InChI=1S/C23H27NO4/c1-26-20-7-5-4-6-16(20)11-23(25)24-13-17-9-8-15-10-21(27-2)22(28-3)12-18(15)19(17)14-24/h4-7,10,12,17,19H,8-9,11,13-14H2,1-3H3. The summed E-state index contributed by atoms with van der Waals surface area (Å²) in [6.07, 6.45) is 2.50. The van der Waals surface area contributed by atoms with Crippen LogP contribution in [-0.4, -0.2) is 45.2 Å². The second kappa shape index (κ2) is 7.74. The van der Waals surface area contributed by atoms with Crippen molar-refractivity contribution < 1.29 is 19.0 Å². The van der Waals surface area contributed by atoms with Crippen LogP contribution < -0.4 is 14.2 Å². The number of likely N-dealkylation sites (tertiary alicyclic amines) is 1. The zero-order chi connectivity index (χ0) is 19.7. The highest BCUT2D eigenvalue weighted by molar-refractivity contribution is 5.80. The van der Waals surface area contributed by atoms with Crippen LogP contribution in [0, 0.1) is 5.92 Å². The van der Waals surface area contributed by atoms with Gasteiger partial charge >= 0.3 is 0 Å². The Balaban J connectivity index is 1.54. The molecule has 1 heterocycles. The van der Waals surface area contributed by atoms with Crippen LogP contribution in [-0.2, 0) is 17.6 Å². The maximum Gasteiger partial charge on any atom is 0.227 e. The molecule has 0 radical (unpaired) electrons. The highest BCUT2D eigenvalue weighted by atomic mass is 16.5. The molecule has 1 aliphatic carbocycles. The first kappa shape index (κ1) is 18.7. The SMILES string of the molecule is COc1ccccc1CC(=O)N1CC2CCc3cc(OC)c(OC)cc3C2C1. The van der Waals surface area contributed by atoms with Gasteiger partial charge in [-0.2, -0.15) is 0 Å². The fourth-order valence-corrected chi connectivity index (χ4v) is 4.68. The Morgan fingerprint density at radius 1 is 1.00 bits per heavy atom. The Hall–Kier alpha value is -2.69. The topological polar surface area (TPSA) is 48.0 Å². The number of benzene rings is 2. The normalized spacial score (nSPS) is 20.3. The molecule has 5 nitrogen and oxygen atoms in total. The highest BCUT2D eigenvalue weighted by Crippen LogP contribution is 2.45. The van der Waals surface area contributed by atoms with Crippen molar-refractivity contribution in [2.24, 2.45) is 5.92 Å². The number of amides is 1. The number of methoxy groups -OCH3 is 3. The number of fused-ring (bicyclic) bond motifs is 3. The summed E-state index contributed by atoms with van der Waals surface area (Å²) in [5.41, 5.74) is 3.57. The minimum absolute atomic E-state index is 0.168. The van der Waals surface area contributed by atoms with Crippen molar-refractivity contribution >= 4 is 5.91 Å². The van der Waals surface area contributed by atoms with Crippen molar-refractivity contribution in [2.75, 3.05) is 34.4 Å². The number of rotatable bonds is 5. The Morgan fingerprint density at radius 3 is 2.46 bits per heavy atom. The van der Waals surface area contributed by atoms with Gasteiger partial charge in [0.25, 0.3) is 0 Å². The first-order valence-corrected chi connectivity index (χ1v) is 9.79. The number of nitrogens with zero attached hydrogens (tertiary/aromatic N) is 1. The summed E-state index contributed by atoms with van der Waals surface area (Å²) in [5.74, 6) is 3.36. The van der Waals surface area contributed by atoms with Gasteiger partial charge in [0.1, 0.15) is 5.75 Å². The second-order valence-electron chi connectivity index (χ2n) is 7.60. The molecule has 0 saturated carbocycles. The number of hydrogen-bond acceptors (Lipinski definition) is 4. The molecule has 2 aromatic carbocycles. The molecule has 5 heteroatoms. The van der Waals surface area contributed by atoms with Crippen molar-refractivity contribution in [3.05, 3.63) is 53.1 Å². The van der Waals surface area contributed by atoms with Crippen molar-refractivity contribution in [3.8, 4) is 17.2 Å². The summed E-state index contributed by atoms with van der Waals surface area (Å²) in [6.45, 7) is 1.59. The minimum atomic E-state index is 0.168. The molecule has 148 valence electrons. The maximum absolute atomic E-state index is 13.0. The molecule has 1 fully saturated rings. The second-order valence-corrected chi connectivity index (χ2v) is 7.60. The molecular weight excluding hydrogens is 354 g/mol. The molecule has 2 atom stereocenters. The van der Waals surface area contributed by atoms with E-state index in [-0.39, 0.29) is 5.91 Å². The van der Waals surface area contributed by atoms with Gasteiger partial charge in [0.05, 0.1) is 27.8 Å². The lowest BCUT2D eigenvalue weighted by Crippen LogP contribution is -2.30. The Bertz CT molecular complexity index is 879. The van der Waals surface area contributed by atoms with Crippen molar-refractivity contribution in [1.82, 2.24) is 4.90 Å². The molecular formula is C23H27NO4. The van der Waals surface area contributed by atoms with Crippen LogP contribution in [0.15, 0.2) is 36.4 Å². The summed E-state index contributed by atoms with van der Waals surface area (Å²) in [7, 11) is 4.98. The fraction of sp³-hybridized carbons (Fsp3) is 0.435. The lowest BCUT2D eigenvalue weighted by atomic mass is 9.77. The molecule has 1 saturated heterocycles. The molecule has 0 spiro atoms. The molecule has 1 aliphatic heterocycles. The van der Waals surface area contributed by atoms with E-state index < -0.39 is 0 Å². The van der Waals surface area contributed by atoms with Gasteiger partial charge in [-0.3, -0.25) is 4.79 Å². The van der Waals surface area contributed by atoms with Crippen LogP contribution >= 0.6 is 0 Å². The van der Waals surface area contributed by atoms with Gasteiger partial charge in [-0.25, -0.2) is 0 Å². The predicted molar refractivity (Wildman–Crippen MR) is 107 cm³/mol. The highest BCUT2D eigenvalue weighted by Gasteiger charge is 2.39. The van der Waals surface area contributed by atoms with Crippen LogP contribution in [0.3, 0.4) is 0 Å². The van der Waals surface area contributed by atoms with Crippen molar-refractivity contribution in [2.45, 2.75) is 25.2 Å². The molecule has 0 N–H and O–H groups in total. The summed E-state index contributed by atoms with van der Waals surface area (Å²) in [4.78, 5) is 15.0. The van der Waals surface area contributed by atoms with E-state index in [1.807, 2.05) is 29.2 Å². The van der Waals surface area contributed by atoms with Crippen molar-refractivity contribution in [1.29, 1.82) is 0 Å². The van der Waals surface area contributed by atoms with Gasteiger partial charge in [-0.1, -0.05) is 18.2 Å². The molecule has 2 aromatic rings. The van der Waals surface area contributed by atoms with Crippen LogP contribution in [0.5, 0.6) is 17.2 Å². The lowest BCUT2D eigenvalue weighted by molar-refractivity contribution is -0.129. The number of para-hydroxylation sites is 1. The maximum atomic E-state index is 13.0. The summed E-state index contributed by atoms with van der Waals surface area (Å²) < 4.78 is 16.4. The zero-order valence-electron chi connectivity index (χ0n) is 16.7. The van der Waals surface area contributed by atoms with Crippen LogP contribution in [0.1, 0.15) is 29.0 Å². The van der Waals surface area contributed by atoms with Gasteiger partial charge in [0, 0.05) is 24.6 Å². The fourth-order valence-electron chi connectivity index (χ4n) is 4.68. The summed E-state index contributed by atoms with van der Waals surface area (Å²) in [5, 5.41) is 0. The van der Waals surface area contributed by atoms with Crippen LogP contribution in [0.4, 0.5) is 0 Å². The van der Waals surface area contributed by atoms with Gasteiger partial charge in [-0.15, -0.1) is 0 Å². The first-order valence-electron chi connectivity index (χ1n) is 9.79. The number of ether oxygens (including phenoxy) is 3. The molecule has 4 rings (SSSR count). The van der Waals surface area contributed by atoms with Crippen LogP contribution in [0.2, 0.25) is 0 Å². The van der Waals surface area contributed by atoms with E-state index in [1.54, 1.807) is 21.3 Å². The number of hydrogen-bond donors (Lipinski definition) is 0. The number of carbonyl (C=O) groups excluding carboxylic acids is 1. The molecule has 1 amide bonds. The van der Waals surface area contributed by atoms with E-state index in [0.717, 1.165) is 48.7 Å². The molecule has 0 bridgehead atoms. The van der Waals surface area contributed by atoms with E-state index in [1.165, 1.54) is 11.1 Å². The molecule has 0 aromatic heterocycles. The Kier molecular flexibility index (Phi) is 5.16. The minimum Gasteiger partial charge on any atom is -0.496 e. The van der Waals surface area contributed by atoms with E-state index in [2.05, 4.69) is 12.1 Å². The average molecular weight is 381 g/mol. The predicted octanol–water partition coefficient (Wildman–Crippen LogP) is 3.44. The third-order valence-corrected chi connectivity index (χ3v) is 6.16.